The van der Waals surface area contributed by atoms with Crippen molar-refractivity contribution in [2.45, 2.75) is 11.3 Å². The first kappa shape index (κ1) is 19.1. The van der Waals surface area contributed by atoms with Gasteiger partial charge in [-0.25, -0.2) is 4.98 Å². The van der Waals surface area contributed by atoms with Crippen molar-refractivity contribution >= 4 is 39.9 Å². The fourth-order valence-electron chi connectivity index (χ4n) is 2.44. The van der Waals surface area contributed by atoms with Gasteiger partial charge in [-0.15, -0.1) is 0 Å². The summed E-state index contributed by atoms with van der Waals surface area (Å²) in [7, 11) is 1.61. The Hall–Kier alpha value is -2.64. The van der Waals surface area contributed by atoms with Crippen molar-refractivity contribution in [3.8, 4) is 11.3 Å². The molecule has 7 heteroatoms. The molecule has 0 aliphatic carbocycles. The Morgan fingerprint density at radius 3 is 2.48 bits per heavy atom. The summed E-state index contributed by atoms with van der Waals surface area (Å²) in [5, 5.41) is 6.26. The maximum absolute atomic E-state index is 12.7. The van der Waals surface area contributed by atoms with Crippen molar-refractivity contribution in [3.05, 3.63) is 65.7 Å². The molecule has 0 aliphatic heterocycles. The van der Waals surface area contributed by atoms with E-state index in [0.717, 1.165) is 15.5 Å². The van der Waals surface area contributed by atoms with Crippen LogP contribution in [0.25, 0.3) is 11.3 Å². The molecule has 2 N–H and O–H groups in total. The van der Waals surface area contributed by atoms with Crippen LogP contribution in [0, 0.1) is 6.92 Å². The van der Waals surface area contributed by atoms with E-state index in [1.807, 2.05) is 55.5 Å². The van der Waals surface area contributed by atoms with E-state index in [9.17, 15) is 9.59 Å². The van der Waals surface area contributed by atoms with Crippen molar-refractivity contribution < 1.29 is 9.59 Å². The van der Waals surface area contributed by atoms with E-state index in [1.54, 1.807) is 13.1 Å². The summed E-state index contributed by atoms with van der Waals surface area (Å²) in [6.45, 7) is 1.91. The van der Waals surface area contributed by atoms with Crippen LogP contribution < -0.4 is 10.6 Å². The first-order valence-corrected chi connectivity index (χ1v) is 10.2. The molecule has 0 atom stereocenters. The number of nitrogens with one attached hydrogen (secondary N) is 2. The Morgan fingerprint density at radius 1 is 1.07 bits per heavy atom. The summed E-state index contributed by atoms with van der Waals surface area (Å²) in [5.74, 6) is 0.0439. The van der Waals surface area contributed by atoms with E-state index in [-0.39, 0.29) is 17.6 Å². The van der Waals surface area contributed by atoms with Crippen LogP contribution in [0.3, 0.4) is 0 Å². The molecular formula is C20H19N3O2S2. The highest BCUT2D eigenvalue weighted by atomic mass is 32.2. The Labute approximate surface area is 166 Å². The van der Waals surface area contributed by atoms with Gasteiger partial charge in [0.05, 0.1) is 5.75 Å². The summed E-state index contributed by atoms with van der Waals surface area (Å²) in [6, 6.07) is 17.1. The van der Waals surface area contributed by atoms with Gasteiger partial charge in [0.2, 0.25) is 5.91 Å². The van der Waals surface area contributed by atoms with Crippen LogP contribution in [0.5, 0.6) is 0 Å². The van der Waals surface area contributed by atoms with Gasteiger partial charge in [0.1, 0.15) is 10.7 Å². The lowest BCUT2D eigenvalue weighted by molar-refractivity contribution is -0.118. The Morgan fingerprint density at radius 2 is 1.78 bits per heavy atom. The van der Waals surface area contributed by atoms with Gasteiger partial charge in [-0.3, -0.25) is 9.59 Å². The van der Waals surface area contributed by atoms with Crippen molar-refractivity contribution in [3.63, 3.8) is 0 Å². The minimum atomic E-state index is -0.170. The minimum absolute atomic E-state index is 0.0676. The van der Waals surface area contributed by atoms with Gasteiger partial charge < -0.3 is 10.6 Å². The molecule has 0 saturated heterocycles. The lowest BCUT2D eigenvalue weighted by Gasteiger charge is -2.07. The highest BCUT2D eigenvalue weighted by molar-refractivity contribution is 8.01. The van der Waals surface area contributed by atoms with Gasteiger partial charge in [-0.05, 0) is 18.6 Å². The van der Waals surface area contributed by atoms with E-state index in [1.165, 1.54) is 23.1 Å². The topological polar surface area (TPSA) is 71.1 Å². The van der Waals surface area contributed by atoms with E-state index >= 15 is 0 Å². The molecule has 3 rings (SSSR count). The van der Waals surface area contributed by atoms with Gasteiger partial charge in [-0.1, -0.05) is 71.6 Å². The standard InChI is InChI=1S/C20H19N3O2S2/c1-13-8-6-7-11-15(13)18(25)23-19-17(14-9-4-3-5-10-14)22-20(27-19)26-12-16(24)21-2/h3-11H,12H2,1-2H3,(H,21,24)(H,23,25). The second-order valence-electron chi connectivity index (χ2n) is 5.75. The normalized spacial score (nSPS) is 10.4. The van der Waals surface area contributed by atoms with Crippen molar-refractivity contribution in [2.75, 3.05) is 18.1 Å². The van der Waals surface area contributed by atoms with Crippen LogP contribution in [0.1, 0.15) is 15.9 Å². The number of hydrogen-bond acceptors (Lipinski definition) is 5. The average Bonchev–Trinajstić information content (AvgIpc) is 3.09. The SMILES string of the molecule is CNC(=O)CSc1nc(-c2ccccc2)c(NC(=O)c2ccccc2C)s1. The molecule has 3 aromatic rings. The molecule has 0 saturated carbocycles. The number of nitrogens with zero attached hydrogens (tertiary/aromatic N) is 1. The molecule has 1 heterocycles. The molecular weight excluding hydrogens is 378 g/mol. The third kappa shape index (κ3) is 4.75. The number of carbonyl (C=O) groups is 2. The van der Waals surface area contributed by atoms with E-state index in [0.29, 0.717) is 16.3 Å². The zero-order chi connectivity index (χ0) is 19.2. The Bertz CT molecular complexity index is 955. The minimum Gasteiger partial charge on any atom is -0.358 e. The zero-order valence-corrected chi connectivity index (χ0v) is 16.6. The van der Waals surface area contributed by atoms with Crippen LogP contribution in [-0.2, 0) is 4.79 Å². The summed E-state index contributed by atoms with van der Waals surface area (Å²) in [5.41, 5.74) is 3.17. The first-order valence-electron chi connectivity index (χ1n) is 8.35. The molecule has 0 radical (unpaired) electrons. The number of rotatable bonds is 6. The predicted molar refractivity (Wildman–Crippen MR) is 111 cm³/mol. The van der Waals surface area contributed by atoms with E-state index < -0.39 is 0 Å². The van der Waals surface area contributed by atoms with Crippen molar-refractivity contribution in [2.24, 2.45) is 0 Å². The van der Waals surface area contributed by atoms with Gasteiger partial charge in [0.25, 0.3) is 5.91 Å². The molecule has 2 amide bonds. The molecule has 0 fully saturated rings. The van der Waals surface area contributed by atoms with Gasteiger partial charge in [0, 0.05) is 18.2 Å². The third-order valence-electron chi connectivity index (χ3n) is 3.88. The second kappa shape index (κ2) is 8.83. The second-order valence-corrected chi connectivity index (χ2v) is 7.98. The quantitative estimate of drug-likeness (QED) is 0.611. The van der Waals surface area contributed by atoms with Crippen LogP contribution >= 0.6 is 23.1 Å². The number of amides is 2. The molecule has 2 aromatic carbocycles. The van der Waals surface area contributed by atoms with Crippen molar-refractivity contribution in [1.29, 1.82) is 0 Å². The first-order chi connectivity index (χ1) is 13.1. The molecule has 5 nitrogen and oxygen atoms in total. The van der Waals surface area contributed by atoms with E-state index in [2.05, 4.69) is 15.6 Å². The number of hydrogen-bond donors (Lipinski definition) is 2. The lowest BCUT2D eigenvalue weighted by atomic mass is 10.1. The van der Waals surface area contributed by atoms with Gasteiger partial charge in [0.15, 0.2) is 4.34 Å². The number of thioether (sulfide) groups is 1. The summed E-state index contributed by atoms with van der Waals surface area (Å²) >= 11 is 2.73. The lowest BCUT2D eigenvalue weighted by Crippen LogP contribution is -2.19. The molecule has 27 heavy (non-hydrogen) atoms. The number of carbonyl (C=O) groups excluding carboxylic acids is 2. The molecule has 138 valence electrons. The number of anilines is 1. The van der Waals surface area contributed by atoms with Gasteiger partial charge in [-0.2, -0.15) is 0 Å². The van der Waals surface area contributed by atoms with Crippen LogP contribution in [0.15, 0.2) is 58.9 Å². The van der Waals surface area contributed by atoms with Crippen LogP contribution in [-0.4, -0.2) is 29.6 Å². The average molecular weight is 398 g/mol. The highest BCUT2D eigenvalue weighted by Crippen LogP contribution is 2.37. The number of aromatic nitrogens is 1. The maximum atomic E-state index is 12.7. The summed E-state index contributed by atoms with van der Waals surface area (Å²) in [6.07, 6.45) is 0. The molecule has 1 aromatic heterocycles. The Kier molecular flexibility index (Phi) is 6.26. The van der Waals surface area contributed by atoms with Crippen molar-refractivity contribution in [1.82, 2.24) is 10.3 Å². The number of thiazole rings is 1. The van der Waals surface area contributed by atoms with Crippen LogP contribution in [0.4, 0.5) is 5.00 Å². The molecule has 0 unspecified atom stereocenters. The monoisotopic (exact) mass is 397 g/mol. The molecule has 0 spiro atoms. The maximum Gasteiger partial charge on any atom is 0.256 e. The fraction of sp³-hybridized carbons (Fsp3) is 0.150. The third-order valence-corrected chi connectivity index (χ3v) is 5.99. The highest BCUT2D eigenvalue weighted by Gasteiger charge is 2.18. The largest absolute Gasteiger partial charge is 0.358 e. The number of aryl methyl sites for hydroxylation is 1. The summed E-state index contributed by atoms with van der Waals surface area (Å²) < 4.78 is 0.734. The summed E-state index contributed by atoms with van der Waals surface area (Å²) in [4.78, 5) is 28.9. The Balaban J connectivity index is 1.90. The fourth-order valence-corrected chi connectivity index (χ4v) is 4.37. The van der Waals surface area contributed by atoms with Crippen LogP contribution in [0.2, 0.25) is 0 Å². The molecule has 0 aliphatic rings. The van der Waals surface area contributed by atoms with E-state index in [4.69, 9.17) is 0 Å². The van der Waals surface area contributed by atoms with Gasteiger partial charge >= 0.3 is 0 Å². The predicted octanol–water partition coefficient (Wildman–Crippen LogP) is 4.21. The smallest absolute Gasteiger partial charge is 0.256 e. The zero-order valence-electron chi connectivity index (χ0n) is 15.0. The number of benzene rings is 2. The molecule has 0 bridgehead atoms.